The SMILES string of the molecule is CC(C)(C)[Si](C)(C)OCC1CCN(c2cc3nc(C4CCC(CO)CC4)oc3cc2NC(=O)c2cccc(C(F)(F)F)n2)CC1. The molecule has 0 unspecified atom stereocenters. The molecular weight excluding hydrogens is 601 g/mol. The van der Waals surface area contributed by atoms with Crippen molar-refractivity contribution in [1.29, 1.82) is 0 Å². The molecule has 2 N–H and O–H groups in total. The van der Waals surface area contributed by atoms with Gasteiger partial charge in [-0.1, -0.05) is 26.8 Å². The molecule has 8 nitrogen and oxygen atoms in total. The van der Waals surface area contributed by atoms with Gasteiger partial charge in [-0.25, -0.2) is 9.97 Å². The number of aliphatic hydroxyl groups excluding tert-OH is 1. The summed E-state index contributed by atoms with van der Waals surface area (Å²) in [5.41, 5.74) is 0.913. The van der Waals surface area contributed by atoms with Crippen molar-refractivity contribution in [3.63, 3.8) is 0 Å². The van der Waals surface area contributed by atoms with E-state index in [0.717, 1.165) is 70.0 Å². The molecule has 12 heteroatoms. The minimum Gasteiger partial charge on any atom is -0.440 e. The second-order valence-electron chi connectivity index (χ2n) is 14.2. The molecular formula is C33H45F3N4O4Si. The lowest BCUT2D eigenvalue weighted by molar-refractivity contribution is -0.141. The molecule has 1 aliphatic carbocycles. The Morgan fingerprint density at radius 1 is 1.04 bits per heavy atom. The van der Waals surface area contributed by atoms with Crippen LogP contribution in [0.2, 0.25) is 18.1 Å². The number of hydrogen-bond acceptors (Lipinski definition) is 7. The third-order valence-corrected chi connectivity index (χ3v) is 14.4. The van der Waals surface area contributed by atoms with E-state index in [1.165, 1.54) is 12.1 Å². The molecule has 45 heavy (non-hydrogen) atoms. The van der Waals surface area contributed by atoms with Crippen LogP contribution in [0.1, 0.15) is 87.3 Å². The molecule has 0 atom stereocenters. The highest BCUT2D eigenvalue weighted by Gasteiger charge is 2.38. The predicted molar refractivity (Wildman–Crippen MR) is 171 cm³/mol. The van der Waals surface area contributed by atoms with Gasteiger partial charge in [0.05, 0.1) is 11.4 Å². The predicted octanol–water partition coefficient (Wildman–Crippen LogP) is 8.00. The van der Waals surface area contributed by atoms with Crippen molar-refractivity contribution in [3.05, 3.63) is 47.6 Å². The summed E-state index contributed by atoms with van der Waals surface area (Å²) in [5.74, 6) is 0.767. The number of anilines is 2. The van der Waals surface area contributed by atoms with Gasteiger partial charge in [0.1, 0.15) is 16.9 Å². The summed E-state index contributed by atoms with van der Waals surface area (Å²) in [5, 5.41) is 12.5. The van der Waals surface area contributed by atoms with Crippen molar-refractivity contribution < 1.29 is 31.9 Å². The standard InChI is InChI=1S/C33H45F3N4O4Si/c1-32(2,3)45(4,5)43-20-22-13-15-40(16-14-22)27-17-26-28(44-31(39-26)23-11-9-21(19-41)10-12-23)18-25(27)38-30(42)24-7-6-8-29(37-24)33(34,35)36/h6-8,17-18,21-23,41H,9-16,19-20H2,1-5H3,(H,38,42). The number of rotatable bonds is 8. The topological polar surface area (TPSA) is 101 Å². The van der Waals surface area contributed by atoms with Gasteiger partial charge in [-0.05, 0) is 86.7 Å². The molecule has 1 amide bonds. The third-order valence-electron chi connectivity index (χ3n) is 9.94. The molecule has 1 saturated heterocycles. The number of alkyl halides is 3. The van der Waals surface area contributed by atoms with Crippen LogP contribution in [0.3, 0.4) is 0 Å². The van der Waals surface area contributed by atoms with Crippen LogP contribution in [-0.2, 0) is 10.6 Å². The number of nitrogens with one attached hydrogen (secondary N) is 1. The molecule has 2 aliphatic rings. The zero-order valence-electron chi connectivity index (χ0n) is 26.8. The van der Waals surface area contributed by atoms with Crippen molar-refractivity contribution in [2.75, 3.05) is 36.5 Å². The Hall–Kier alpha value is -2.96. The van der Waals surface area contributed by atoms with Crippen molar-refractivity contribution in [2.45, 2.75) is 89.5 Å². The number of pyridine rings is 1. The fourth-order valence-electron chi connectivity index (χ4n) is 5.90. The number of amides is 1. The number of carbonyl (C=O) groups excluding carboxylic acids is 1. The maximum absolute atomic E-state index is 13.3. The Kier molecular flexibility index (Phi) is 9.68. The Balaban J connectivity index is 1.39. The van der Waals surface area contributed by atoms with Gasteiger partial charge in [0.2, 0.25) is 0 Å². The van der Waals surface area contributed by atoms with Gasteiger partial charge >= 0.3 is 6.18 Å². The van der Waals surface area contributed by atoms with Crippen LogP contribution in [0.25, 0.3) is 11.1 Å². The first kappa shape index (κ1) is 33.4. The number of hydrogen-bond donors (Lipinski definition) is 2. The first-order chi connectivity index (χ1) is 21.1. The first-order valence-electron chi connectivity index (χ1n) is 15.9. The minimum atomic E-state index is -4.66. The van der Waals surface area contributed by atoms with Gasteiger partial charge < -0.3 is 24.2 Å². The second-order valence-corrected chi connectivity index (χ2v) is 19.0. The molecule has 0 radical (unpaired) electrons. The maximum atomic E-state index is 13.3. The van der Waals surface area contributed by atoms with E-state index in [0.29, 0.717) is 34.5 Å². The summed E-state index contributed by atoms with van der Waals surface area (Å²) in [7, 11) is -1.86. The van der Waals surface area contributed by atoms with Crippen LogP contribution in [-0.4, -0.2) is 55.6 Å². The van der Waals surface area contributed by atoms with Crippen LogP contribution in [0.5, 0.6) is 0 Å². The number of carbonyl (C=O) groups is 1. The number of nitrogens with zero attached hydrogens (tertiary/aromatic N) is 3. The van der Waals surface area contributed by atoms with E-state index in [4.69, 9.17) is 13.8 Å². The highest BCUT2D eigenvalue weighted by molar-refractivity contribution is 6.74. The number of fused-ring (bicyclic) bond motifs is 1. The molecule has 2 aromatic heterocycles. The Morgan fingerprint density at radius 2 is 1.73 bits per heavy atom. The lowest BCUT2D eigenvalue weighted by atomic mass is 9.82. The van der Waals surface area contributed by atoms with Gasteiger partial charge in [-0.2, -0.15) is 13.2 Å². The fraction of sp³-hybridized carbons (Fsp3) is 0.606. The first-order valence-corrected chi connectivity index (χ1v) is 18.9. The van der Waals surface area contributed by atoms with E-state index >= 15 is 0 Å². The minimum absolute atomic E-state index is 0.138. The van der Waals surface area contributed by atoms with Crippen molar-refractivity contribution in [1.82, 2.24) is 9.97 Å². The second kappa shape index (κ2) is 13.0. The van der Waals surface area contributed by atoms with Crippen LogP contribution in [0.4, 0.5) is 24.5 Å². The van der Waals surface area contributed by atoms with Crippen molar-refractivity contribution >= 4 is 36.7 Å². The molecule has 1 aromatic carbocycles. The maximum Gasteiger partial charge on any atom is 0.433 e. The molecule has 0 bridgehead atoms. The van der Waals surface area contributed by atoms with Gasteiger partial charge in [0.15, 0.2) is 19.8 Å². The third kappa shape index (κ3) is 7.71. The monoisotopic (exact) mass is 646 g/mol. The summed E-state index contributed by atoms with van der Waals surface area (Å²) in [6.45, 7) is 13.6. The van der Waals surface area contributed by atoms with Crippen LogP contribution in [0.15, 0.2) is 34.7 Å². The van der Waals surface area contributed by atoms with Gasteiger partial charge in [0, 0.05) is 38.3 Å². The lowest BCUT2D eigenvalue weighted by Gasteiger charge is -2.39. The molecule has 2 fully saturated rings. The molecule has 1 aliphatic heterocycles. The zero-order chi connectivity index (χ0) is 32.6. The van der Waals surface area contributed by atoms with Crippen LogP contribution >= 0.6 is 0 Å². The summed E-state index contributed by atoms with van der Waals surface area (Å²) in [4.78, 5) is 23.9. The molecule has 246 valence electrons. The Morgan fingerprint density at radius 3 is 2.36 bits per heavy atom. The van der Waals surface area contributed by atoms with Gasteiger partial charge in [-0.3, -0.25) is 4.79 Å². The average molecular weight is 647 g/mol. The number of oxazole rings is 1. The van der Waals surface area contributed by atoms with Crippen LogP contribution < -0.4 is 10.2 Å². The lowest BCUT2D eigenvalue weighted by Crippen LogP contribution is -2.43. The number of halogens is 3. The Bertz CT molecular complexity index is 1490. The molecule has 1 saturated carbocycles. The number of aromatic nitrogens is 2. The van der Waals surface area contributed by atoms with Crippen molar-refractivity contribution in [3.8, 4) is 0 Å². The van der Waals surface area contributed by atoms with Crippen molar-refractivity contribution in [2.24, 2.45) is 11.8 Å². The average Bonchev–Trinajstić information content (AvgIpc) is 3.42. The quantitative estimate of drug-likeness (QED) is 0.239. The Labute approximate surface area is 263 Å². The highest BCUT2D eigenvalue weighted by Crippen LogP contribution is 2.40. The fourth-order valence-corrected chi connectivity index (χ4v) is 6.98. The zero-order valence-corrected chi connectivity index (χ0v) is 27.8. The number of piperidine rings is 1. The van der Waals surface area contributed by atoms with Crippen LogP contribution in [0, 0.1) is 11.8 Å². The van der Waals surface area contributed by atoms with E-state index in [-0.39, 0.29) is 23.3 Å². The summed E-state index contributed by atoms with van der Waals surface area (Å²) >= 11 is 0. The van der Waals surface area contributed by atoms with Gasteiger partial charge in [0.25, 0.3) is 5.91 Å². The summed E-state index contributed by atoms with van der Waals surface area (Å²) in [6, 6.07) is 6.92. The van der Waals surface area contributed by atoms with E-state index < -0.39 is 26.1 Å². The molecule has 3 aromatic rings. The van der Waals surface area contributed by atoms with E-state index in [1.54, 1.807) is 6.07 Å². The highest BCUT2D eigenvalue weighted by atomic mass is 28.4. The number of aliphatic hydroxyl groups is 1. The largest absolute Gasteiger partial charge is 0.440 e. The summed E-state index contributed by atoms with van der Waals surface area (Å²) in [6.07, 6.45) is 0.724. The molecule has 3 heterocycles. The molecule has 0 spiro atoms. The van der Waals surface area contributed by atoms with E-state index in [9.17, 15) is 23.1 Å². The van der Waals surface area contributed by atoms with Gasteiger partial charge in [-0.15, -0.1) is 0 Å². The normalized spacial score (nSPS) is 20.5. The molecule has 5 rings (SSSR count). The smallest absolute Gasteiger partial charge is 0.433 e. The van der Waals surface area contributed by atoms with E-state index in [2.05, 4.69) is 49.1 Å². The van der Waals surface area contributed by atoms with E-state index in [1.807, 2.05) is 6.07 Å². The summed E-state index contributed by atoms with van der Waals surface area (Å²) < 4.78 is 52.6. The number of benzene rings is 1.